The van der Waals surface area contributed by atoms with Gasteiger partial charge in [0.25, 0.3) is 0 Å². The van der Waals surface area contributed by atoms with Gasteiger partial charge in [0.2, 0.25) is 5.91 Å². The van der Waals surface area contributed by atoms with Crippen molar-refractivity contribution in [2.75, 3.05) is 0 Å². The molecular weight excluding hydrogens is 453 g/mol. The Bertz CT molecular complexity index is 1230. The van der Waals surface area contributed by atoms with Gasteiger partial charge in [0.1, 0.15) is 5.82 Å². The van der Waals surface area contributed by atoms with Crippen LogP contribution in [0, 0.1) is 0 Å². The topological polar surface area (TPSA) is 46.9 Å². The molecule has 3 aromatic carbocycles. The average Bonchev–Trinajstić information content (AvgIpc) is 3.10. The Hall–Kier alpha value is -2.53. The van der Waals surface area contributed by atoms with E-state index >= 15 is 0 Å². The first-order valence-electron chi connectivity index (χ1n) is 9.83. The lowest BCUT2D eigenvalue weighted by atomic mass is 10.1. The first-order chi connectivity index (χ1) is 14.9. The highest BCUT2D eigenvalue weighted by Crippen LogP contribution is 2.26. The SMILES string of the molecule is CC(NC(=O)Cc1ccc(Cl)cc1)c1nc2ccccc2n1Cc1ccc(Cl)cc1Cl. The van der Waals surface area contributed by atoms with Crippen LogP contribution in [0.1, 0.15) is 29.9 Å². The van der Waals surface area contributed by atoms with Crippen LogP contribution in [0.5, 0.6) is 0 Å². The molecule has 4 rings (SSSR count). The third kappa shape index (κ3) is 5.04. The highest BCUT2D eigenvalue weighted by atomic mass is 35.5. The molecule has 0 aliphatic carbocycles. The number of benzene rings is 3. The number of hydrogen-bond acceptors (Lipinski definition) is 2. The zero-order valence-corrected chi connectivity index (χ0v) is 19.0. The third-order valence-electron chi connectivity index (χ3n) is 5.07. The molecule has 158 valence electrons. The van der Waals surface area contributed by atoms with E-state index in [1.54, 1.807) is 18.2 Å². The van der Waals surface area contributed by atoms with Crippen molar-refractivity contribution in [2.24, 2.45) is 0 Å². The summed E-state index contributed by atoms with van der Waals surface area (Å²) in [6.45, 7) is 2.45. The molecule has 1 unspecified atom stereocenters. The van der Waals surface area contributed by atoms with E-state index in [1.165, 1.54) is 0 Å². The largest absolute Gasteiger partial charge is 0.346 e. The van der Waals surface area contributed by atoms with Crippen LogP contribution in [0.15, 0.2) is 66.7 Å². The van der Waals surface area contributed by atoms with Crippen LogP contribution < -0.4 is 5.32 Å². The number of rotatable bonds is 6. The van der Waals surface area contributed by atoms with E-state index in [4.69, 9.17) is 39.8 Å². The second-order valence-electron chi connectivity index (χ2n) is 7.37. The number of halogens is 3. The van der Waals surface area contributed by atoms with E-state index in [0.29, 0.717) is 21.6 Å². The number of amides is 1. The number of fused-ring (bicyclic) bond motifs is 1. The van der Waals surface area contributed by atoms with E-state index in [-0.39, 0.29) is 18.4 Å². The molecule has 4 aromatic rings. The van der Waals surface area contributed by atoms with Crippen molar-refractivity contribution in [1.29, 1.82) is 0 Å². The quantitative estimate of drug-likeness (QED) is 0.350. The van der Waals surface area contributed by atoms with Gasteiger partial charge in [-0.05, 0) is 54.4 Å². The first kappa shape index (κ1) is 21.7. The summed E-state index contributed by atoms with van der Waals surface area (Å²) in [6.07, 6.45) is 0.269. The molecule has 0 saturated carbocycles. The van der Waals surface area contributed by atoms with Crippen molar-refractivity contribution in [1.82, 2.24) is 14.9 Å². The predicted octanol–water partition coefficient (Wildman–Crippen LogP) is 6.46. The molecule has 0 radical (unpaired) electrons. The fourth-order valence-electron chi connectivity index (χ4n) is 3.56. The van der Waals surface area contributed by atoms with Crippen LogP contribution in [0.4, 0.5) is 0 Å². The van der Waals surface area contributed by atoms with Gasteiger partial charge in [-0.2, -0.15) is 0 Å². The lowest BCUT2D eigenvalue weighted by Crippen LogP contribution is -2.30. The van der Waals surface area contributed by atoms with E-state index in [9.17, 15) is 4.79 Å². The van der Waals surface area contributed by atoms with Gasteiger partial charge in [-0.15, -0.1) is 0 Å². The second-order valence-corrected chi connectivity index (χ2v) is 8.65. The molecule has 0 aliphatic rings. The summed E-state index contributed by atoms with van der Waals surface area (Å²) in [5.74, 6) is 0.676. The normalized spacial score (nSPS) is 12.1. The van der Waals surface area contributed by atoms with E-state index in [2.05, 4.69) is 9.88 Å². The number of aromatic nitrogens is 2. The molecule has 0 saturated heterocycles. The number of carbonyl (C=O) groups is 1. The molecular formula is C24H20Cl3N3O. The summed E-state index contributed by atoms with van der Waals surface area (Å²) >= 11 is 18.4. The Morgan fingerprint density at radius 2 is 1.71 bits per heavy atom. The molecule has 1 heterocycles. The standard InChI is InChI=1S/C24H20Cl3N3O/c1-15(28-23(31)12-16-6-9-18(25)10-7-16)24-29-21-4-2-3-5-22(21)30(24)14-17-8-11-19(26)13-20(17)27/h2-11,13,15H,12,14H2,1H3,(H,28,31). The molecule has 0 bridgehead atoms. The summed E-state index contributed by atoms with van der Waals surface area (Å²) in [6, 6.07) is 20.3. The van der Waals surface area contributed by atoms with Crippen LogP contribution in [0.2, 0.25) is 15.1 Å². The summed E-state index contributed by atoms with van der Waals surface area (Å²) in [5.41, 5.74) is 3.66. The zero-order chi connectivity index (χ0) is 22.0. The van der Waals surface area contributed by atoms with Crippen LogP contribution in [0.25, 0.3) is 11.0 Å². The predicted molar refractivity (Wildman–Crippen MR) is 127 cm³/mol. The average molecular weight is 473 g/mol. The third-order valence-corrected chi connectivity index (χ3v) is 5.91. The fourth-order valence-corrected chi connectivity index (χ4v) is 4.15. The van der Waals surface area contributed by atoms with Crippen molar-refractivity contribution < 1.29 is 4.79 Å². The number of imidazole rings is 1. The first-order valence-corrected chi connectivity index (χ1v) is 11.0. The minimum absolute atomic E-state index is 0.0852. The van der Waals surface area contributed by atoms with Crippen LogP contribution in [-0.2, 0) is 17.8 Å². The summed E-state index contributed by atoms with van der Waals surface area (Å²) < 4.78 is 2.08. The van der Waals surface area contributed by atoms with Crippen LogP contribution >= 0.6 is 34.8 Å². The number of carbonyl (C=O) groups excluding carboxylic acids is 1. The molecule has 0 aliphatic heterocycles. The Balaban J connectivity index is 1.60. The molecule has 31 heavy (non-hydrogen) atoms. The highest BCUT2D eigenvalue weighted by Gasteiger charge is 2.19. The molecule has 1 aromatic heterocycles. The monoisotopic (exact) mass is 471 g/mol. The second kappa shape index (κ2) is 9.31. The summed E-state index contributed by atoms with van der Waals surface area (Å²) in [7, 11) is 0. The Morgan fingerprint density at radius 3 is 2.45 bits per heavy atom. The number of para-hydroxylation sites is 2. The molecule has 1 atom stereocenters. The van der Waals surface area contributed by atoms with Crippen LogP contribution in [0.3, 0.4) is 0 Å². The van der Waals surface area contributed by atoms with Crippen molar-refractivity contribution in [2.45, 2.75) is 25.9 Å². The van der Waals surface area contributed by atoms with Gasteiger partial charge in [0.05, 0.1) is 30.0 Å². The molecule has 7 heteroatoms. The highest BCUT2D eigenvalue weighted by molar-refractivity contribution is 6.35. The van der Waals surface area contributed by atoms with Gasteiger partial charge in [0, 0.05) is 15.1 Å². The van der Waals surface area contributed by atoms with Gasteiger partial charge < -0.3 is 9.88 Å². The summed E-state index contributed by atoms with van der Waals surface area (Å²) in [5, 5.41) is 4.89. The maximum absolute atomic E-state index is 12.6. The van der Waals surface area contributed by atoms with Crippen molar-refractivity contribution in [3.8, 4) is 0 Å². The van der Waals surface area contributed by atoms with E-state index in [0.717, 1.165) is 28.0 Å². The van der Waals surface area contributed by atoms with Crippen molar-refractivity contribution in [3.05, 3.63) is 98.7 Å². The van der Waals surface area contributed by atoms with Gasteiger partial charge in [-0.3, -0.25) is 4.79 Å². The maximum atomic E-state index is 12.6. The lowest BCUT2D eigenvalue weighted by Gasteiger charge is -2.17. The van der Waals surface area contributed by atoms with Crippen molar-refractivity contribution in [3.63, 3.8) is 0 Å². The fraction of sp³-hybridized carbons (Fsp3) is 0.167. The van der Waals surface area contributed by atoms with Crippen LogP contribution in [-0.4, -0.2) is 15.5 Å². The van der Waals surface area contributed by atoms with Crippen molar-refractivity contribution >= 4 is 51.7 Å². The number of nitrogens with one attached hydrogen (secondary N) is 1. The zero-order valence-electron chi connectivity index (χ0n) is 16.8. The molecule has 0 spiro atoms. The number of hydrogen-bond donors (Lipinski definition) is 1. The van der Waals surface area contributed by atoms with Gasteiger partial charge in [-0.1, -0.05) is 65.1 Å². The smallest absolute Gasteiger partial charge is 0.224 e. The van der Waals surface area contributed by atoms with E-state index in [1.807, 2.05) is 55.5 Å². The van der Waals surface area contributed by atoms with E-state index < -0.39 is 0 Å². The Kier molecular flexibility index (Phi) is 6.51. The summed E-state index contributed by atoms with van der Waals surface area (Å²) in [4.78, 5) is 17.4. The number of nitrogens with zero attached hydrogens (tertiary/aromatic N) is 2. The minimum Gasteiger partial charge on any atom is -0.346 e. The molecule has 4 nitrogen and oxygen atoms in total. The maximum Gasteiger partial charge on any atom is 0.224 e. The van der Waals surface area contributed by atoms with Gasteiger partial charge in [-0.25, -0.2) is 4.98 Å². The Labute approximate surface area is 195 Å². The van der Waals surface area contributed by atoms with Gasteiger partial charge in [0.15, 0.2) is 0 Å². The molecule has 1 N–H and O–H groups in total. The lowest BCUT2D eigenvalue weighted by molar-refractivity contribution is -0.121. The molecule has 1 amide bonds. The Morgan fingerprint density at radius 1 is 1.00 bits per heavy atom. The minimum atomic E-state index is -0.293. The molecule has 0 fully saturated rings. The van der Waals surface area contributed by atoms with Gasteiger partial charge >= 0.3 is 0 Å².